The van der Waals surface area contributed by atoms with Crippen molar-refractivity contribution in [3.63, 3.8) is 0 Å². The van der Waals surface area contributed by atoms with E-state index < -0.39 is 0 Å². The van der Waals surface area contributed by atoms with Crippen molar-refractivity contribution in [1.82, 2.24) is 10.6 Å². The predicted octanol–water partition coefficient (Wildman–Crippen LogP) is 2.20. The molecule has 1 saturated carbocycles. The average molecular weight is 331 g/mol. The molecular formula is C19H29N3O2. The van der Waals surface area contributed by atoms with E-state index in [1.165, 1.54) is 13.3 Å². The second-order valence-corrected chi connectivity index (χ2v) is 6.82. The quantitative estimate of drug-likeness (QED) is 0.747. The fraction of sp³-hybridized carbons (Fsp3) is 0.579. The Balaban J connectivity index is 2.01. The van der Waals surface area contributed by atoms with Gasteiger partial charge in [0.25, 0.3) is 0 Å². The van der Waals surface area contributed by atoms with Gasteiger partial charge in [-0.3, -0.25) is 9.59 Å². The van der Waals surface area contributed by atoms with E-state index in [9.17, 15) is 9.59 Å². The zero-order valence-corrected chi connectivity index (χ0v) is 14.7. The molecule has 0 aromatic heterocycles. The highest BCUT2D eigenvalue weighted by molar-refractivity contribution is 5.79. The minimum Gasteiger partial charge on any atom is -0.353 e. The average Bonchev–Trinajstić information content (AvgIpc) is 2.55. The van der Waals surface area contributed by atoms with Gasteiger partial charge in [0.2, 0.25) is 11.8 Å². The summed E-state index contributed by atoms with van der Waals surface area (Å²) in [5.41, 5.74) is 7.93. The molecule has 0 saturated heterocycles. The molecule has 0 radical (unpaired) electrons. The molecule has 132 valence electrons. The number of aryl methyl sites for hydroxylation is 1. The van der Waals surface area contributed by atoms with Gasteiger partial charge in [-0.15, -0.1) is 0 Å². The third-order valence-corrected chi connectivity index (χ3v) is 4.80. The number of rotatable bonds is 6. The van der Waals surface area contributed by atoms with Gasteiger partial charge in [0, 0.05) is 13.0 Å². The van der Waals surface area contributed by atoms with Crippen molar-refractivity contribution in [2.24, 2.45) is 11.7 Å². The highest BCUT2D eigenvalue weighted by atomic mass is 16.2. The Morgan fingerprint density at radius 2 is 1.88 bits per heavy atom. The summed E-state index contributed by atoms with van der Waals surface area (Å²) >= 11 is 0. The normalized spacial score (nSPS) is 21.8. The summed E-state index contributed by atoms with van der Waals surface area (Å²) < 4.78 is 0. The Bertz CT molecular complexity index is 556. The lowest BCUT2D eigenvalue weighted by Gasteiger charge is -2.31. The highest BCUT2D eigenvalue weighted by Crippen LogP contribution is 2.24. The fourth-order valence-electron chi connectivity index (χ4n) is 3.43. The lowest BCUT2D eigenvalue weighted by molar-refractivity contribution is -0.123. The van der Waals surface area contributed by atoms with Gasteiger partial charge in [0.05, 0.1) is 12.5 Å². The van der Waals surface area contributed by atoms with E-state index in [2.05, 4.69) is 10.6 Å². The molecule has 1 aromatic rings. The van der Waals surface area contributed by atoms with Crippen molar-refractivity contribution in [3.8, 4) is 0 Å². The van der Waals surface area contributed by atoms with Crippen LogP contribution in [-0.2, 0) is 9.59 Å². The van der Waals surface area contributed by atoms with Crippen LogP contribution in [0.15, 0.2) is 24.3 Å². The molecule has 0 heterocycles. The number of hydrogen-bond acceptors (Lipinski definition) is 3. The third kappa shape index (κ3) is 5.34. The summed E-state index contributed by atoms with van der Waals surface area (Å²) in [6.07, 6.45) is 4.63. The largest absolute Gasteiger partial charge is 0.353 e. The molecule has 1 aliphatic rings. The number of benzene rings is 1. The first-order valence-electron chi connectivity index (χ1n) is 8.82. The molecule has 2 rings (SSSR count). The second kappa shape index (κ2) is 8.83. The molecule has 5 nitrogen and oxygen atoms in total. The SMILES string of the molecule is CC(=O)NC(CC(=O)NC1CCCCC1CN)c1ccc(C)cc1. The van der Waals surface area contributed by atoms with Crippen LogP contribution in [0, 0.1) is 12.8 Å². The minimum absolute atomic E-state index is 0.0281. The van der Waals surface area contributed by atoms with Crippen LogP contribution in [0.3, 0.4) is 0 Å². The summed E-state index contributed by atoms with van der Waals surface area (Å²) in [7, 11) is 0. The molecule has 3 unspecified atom stereocenters. The van der Waals surface area contributed by atoms with Crippen LogP contribution >= 0.6 is 0 Å². The molecule has 1 aromatic carbocycles. The number of nitrogens with two attached hydrogens (primary N) is 1. The molecule has 2 amide bonds. The summed E-state index contributed by atoms with van der Waals surface area (Å²) in [6.45, 7) is 4.10. The van der Waals surface area contributed by atoms with E-state index in [-0.39, 0.29) is 30.3 Å². The smallest absolute Gasteiger partial charge is 0.222 e. The van der Waals surface area contributed by atoms with Crippen LogP contribution in [0.5, 0.6) is 0 Å². The zero-order valence-electron chi connectivity index (χ0n) is 14.7. The summed E-state index contributed by atoms with van der Waals surface area (Å²) in [5, 5.41) is 6.02. The number of hydrogen-bond donors (Lipinski definition) is 3. The van der Waals surface area contributed by atoms with Gasteiger partial charge in [-0.05, 0) is 37.8 Å². The predicted molar refractivity (Wildman–Crippen MR) is 95.3 cm³/mol. The van der Waals surface area contributed by atoms with Crippen LogP contribution < -0.4 is 16.4 Å². The molecule has 1 fully saturated rings. The minimum atomic E-state index is -0.303. The molecule has 4 N–H and O–H groups in total. The Kier molecular flexibility index (Phi) is 6.79. The highest BCUT2D eigenvalue weighted by Gasteiger charge is 2.26. The maximum absolute atomic E-state index is 12.5. The van der Waals surface area contributed by atoms with Crippen molar-refractivity contribution in [2.45, 2.75) is 58.0 Å². The molecule has 0 bridgehead atoms. The van der Waals surface area contributed by atoms with Crippen molar-refractivity contribution in [2.75, 3.05) is 6.54 Å². The first-order valence-corrected chi connectivity index (χ1v) is 8.82. The van der Waals surface area contributed by atoms with Crippen LogP contribution in [0.2, 0.25) is 0 Å². The van der Waals surface area contributed by atoms with E-state index in [1.807, 2.05) is 31.2 Å². The maximum atomic E-state index is 12.5. The molecule has 1 aliphatic carbocycles. The molecule has 0 aliphatic heterocycles. The first-order chi connectivity index (χ1) is 11.5. The summed E-state index contributed by atoms with van der Waals surface area (Å²) in [6, 6.07) is 7.77. The van der Waals surface area contributed by atoms with Gasteiger partial charge >= 0.3 is 0 Å². The number of carbonyl (C=O) groups is 2. The van der Waals surface area contributed by atoms with E-state index in [4.69, 9.17) is 5.73 Å². The third-order valence-electron chi connectivity index (χ3n) is 4.80. The monoisotopic (exact) mass is 331 g/mol. The van der Waals surface area contributed by atoms with Gasteiger partial charge in [0.15, 0.2) is 0 Å². The standard InChI is InChI=1S/C19H29N3O2/c1-13-7-9-15(10-8-13)18(21-14(2)23)11-19(24)22-17-6-4-3-5-16(17)12-20/h7-10,16-18H,3-6,11-12,20H2,1-2H3,(H,21,23)(H,22,24). The Labute approximate surface area is 144 Å². The van der Waals surface area contributed by atoms with Gasteiger partial charge in [-0.1, -0.05) is 42.7 Å². The zero-order chi connectivity index (χ0) is 17.5. The van der Waals surface area contributed by atoms with Crippen molar-refractivity contribution < 1.29 is 9.59 Å². The number of carbonyl (C=O) groups excluding carboxylic acids is 2. The number of nitrogens with one attached hydrogen (secondary N) is 2. The summed E-state index contributed by atoms with van der Waals surface area (Å²) in [4.78, 5) is 24.0. The van der Waals surface area contributed by atoms with Gasteiger partial charge < -0.3 is 16.4 Å². The maximum Gasteiger partial charge on any atom is 0.222 e. The molecule has 0 spiro atoms. The topological polar surface area (TPSA) is 84.2 Å². The van der Waals surface area contributed by atoms with Crippen molar-refractivity contribution in [1.29, 1.82) is 0 Å². The Morgan fingerprint density at radius 1 is 1.21 bits per heavy atom. The first kappa shape index (κ1) is 18.5. The Hall–Kier alpha value is -1.88. The molecule has 3 atom stereocenters. The van der Waals surface area contributed by atoms with E-state index in [1.54, 1.807) is 0 Å². The van der Waals surface area contributed by atoms with Gasteiger partial charge in [-0.2, -0.15) is 0 Å². The molecule has 24 heavy (non-hydrogen) atoms. The van der Waals surface area contributed by atoms with Crippen molar-refractivity contribution in [3.05, 3.63) is 35.4 Å². The Morgan fingerprint density at radius 3 is 2.50 bits per heavy atom. The van der Waals surface area contributed by atoms with Crippen LogP contribution in [0.4, 0.5) is 0 Å². The second-order valence-electron chi connectivity index (χ2n) is 6.82. The van der Waals surface area contributed by atoms with Gasteiger partial charge in [-0.25, -0.2) is 0 Å². The van der Waals surface area contributed by atoms with E-state index in [0.29, 0.717) is 12.5 Å². The lowest BCUT2D eigenvalue weighted by atomic mass is 9.84. The van der Waals surface area contributed by atoms with Crippen LogP contribution in [0.1, 0.15) is 56.2 Å². The van der Waals surface area contributed by atoms with E-state index >= 15 is 0 Å². The number of amides is 2. The van der Waals surface area contributed by atoms with Crippen molar-refractivity contribution >= 4 is 11.8 Å². The van der Waals surface area contributed by atoms with E-state index in [0.717, 1.165) is 30.4 Å². The van der Waals surface area contributed by atoms with Crippen LogP contribution in [0.25, 0.3) is 0 Å². The van der Waals surface area contributed by atoms with Crippen LogP contribution in [-0.4, -0.2) is 24.4 Å². The molecular weight excluding hydrogens is 302 g/mol. The van der Waals surface area contributed by atoms with Gasteiger partial charge in [0.1, 0.15) is 0 Å². The summed E-state index contributed by atoms with van der Waals surface area (Å²) in [5.74, 6) is 0.201. The fourth-order valence-corrected chi connectivity index (χ4v) is 3.43. The molecule has 5 heteroatoms. The lowest BCUT2D eigenvalue weighted by Crippen LogP contribution is -2.45.